The van der Waals surface area contributed by atoms with Crippen molar-refractivity contribution in [2.75, 3.05) is 6.61 Å². The van der Waals surface area contributed by atoms with Gasteiger partial charge >= 0.3 is 5.97 Å². The second-order valence-electron chi connectivity index (χ2n) is 7.55. The fourth-order valence-corrected chi connectivity index (χ4v) is 3.21. The number of ether oxygens (including phenoxy) is 1. The van der Waals surface area contributed by atoms with Gasteiger partial charge in [-0.3, -0.25) is 4.79 Å². The van der Waals surface area contributed by atoms with E-state index >= 15 is 0 Å². The lowest BCUT2D eigenvalue weighted by molar-refractivity contribution is -0.145. The van der Waals surface area contributed by atoms with Crippen LogP contribution in [-0.2, 0) is 9.53 Å². The molecule has 1 unspecified atom stereocenters. The normalized spacial score (nSPS) is 12.3. The largest absolute Gasteiger partial charge is 0.465 e. The molecule has 0 radical (unpaired) electrons. The molecule has 0 aliphatic heterocycles. The Labute approximate surface area is 155 Å². The Morgan fingerprint density at radius 3 is 2.00 bits per heavy atom. The quantitative estimate of drug-likeness (QED) is 0.271. The van der Waals surface area contributed by atoms with Crippen molar-refractivity contribution in [3.05, 3.63) is 35.9 Å². The highest BCUT2D eigenvalue weighted by Crippen LogP contribution is 2.21. The van der Waals surface area contributed by atoms with Gasteiger partial charge in [-0.25, -0.2) is 0 Å². The van der Waals surface area contributed by atoms with Gasteiger partial charge in [0.25, 0.3) is 0 Å². The first-order chi connectivity index (χ1) is 12.1. The van der Waals surface area contributed by atoms with E-state index in [-0.39, 0.29) is 11.9 Å². The SMILES string of the molecule is CCC(C(=O)OCCCCCCCCCCC(C)C)c1ccccc1. The second-order valence-corrected chi connectivity index (χ2v) is 7.55. The van der Waals surface area contributed by atoms with Crippen LogP contribution in [0.4, 0.5) is 0 Å². The van der Waals surface area contributed by atoms with Gasteiger partial charge in [-0.2, -0.15) is 0 Å². The average molecular weight is 347 g/mol. The van der Waals surface area contributed by atoms with Gasteiger partial charge in [-0.05, 0) is 24.3 Å². The lowest BCUT2D eigenvalue weighted by Crippen LogP contribution is -2.16. The molecule has 25 heavy (non-hydrogen) atoms. The van der Waals surface area contributed by atoms with Crippen molar-refractivity contribution in [1.82, 2.24) is 0 Å². The summed E-state index contributed by atoms with van der Waals surface area (Å²) in [4.78, 5) is 12.2. The van der Waals surface area contributed by atoms with Gasteiger partial charge in [0.1, 0.15) is 0 Å². The maximum absolute atomic E-state index is 12.2. The zero-order chi connectivity index (χ0) is 18.3. The van der Waals surface area contributed by atoms with Crippen molar-refractivity contribution in [1.29, 1.82) is 0 Å². The van der Waals surface area contributed by atoms with Crippen LogP contribution < -0.4 is 0 Å². The zero-order valence-corrected chi connectivity index (χ0v) is 16.6. The van der Waals surface area contributed by atoms with Crippen LogP contribution in [0.25, 0.3) is 0 Å². The summed E-state index contributed by atoms with van der Waals surface area (Å²) in [6.45, 7) is 7.21. The van der Waals surface area contributed by atoms with Crippen LogP contribution in [0.3, 0.4) is 0 Å². The fourth-order valence-electron chi connectivity index (χ4n) is 3.21. The summed E-state index contributed by atoms with van der Waals surface area (Å²) in [5, 5.41) is 0. The molecular formula is C23H38O2. The summed E-state index contributed by atoms with van der Waals surface area (Å²) in [7, 11) is 0. The monoisotopic (exact) mass is 346 g/mol. The lowest BCUT2D eigenvalue weighted by Gasteiger charge is -2.14. The van der Waals surface area contributed by atoms with Crippen LogP contribution >= 0.6 is 0 Å². The van der Waals surface area contributed by atoms with E-state index in [0.717, 1.165) is 24.3 Å². The molecule has 1 aromatic rings. The number of rotatable bonds is 14. The van der Waals surface area contributed by atoms with Gasteiger partial charge in [0.2, 0.25) is 0 Å². The first-order valence-electron chi connectivity index (χ1n) is 10.4. The van der Waals surface area contributed by atoms with Crippen molar-refractivity contribution in [3.63, 3.8) is 0 Å². The third kappa shape index (κ3) is 10.3. The molecule has 0 saturated heterocycles. The summed E-state index contributed by atoms with van der Waals surface area (Å²) in [5.74, 6) is 0.655. The first kappa shape index (κ1) is 21.7. The third-order valence-corrected chi connectivity index (χ3v) is 4.81. The van der Waals surface area contributed by atoms with E-state index in [1.165, 1.54) is 51.4 Å². The smallest absolute Gasteiger partial charge is 0.313 e. The molecule has 0 aromatic heterocycles. The number of hydrogen-bond donors (Lipinski definition) is 0. The standard InChI is InChI=1S/C23H38O2/c1-4-22(21-17-13-11-14-18-21)23(24)25-19-15-10-8-6-5-7-9-12-16-20(2)3/h11,13-14,17-18,20,22H,4-10,12,15-16,19H2,1-3H3. The summed E-state index contributed by atoms with van der Waals surface area (Å²) in [6.07, 6.45) is 12.4. The number of unbranched alkanes of at least 4 members (excludes halogenated alkanes) is 7. The van der Waals surface area contributed by atoms with Crippen LogP contribution in [0.2, 0.25) is 0 Å². The summed E-state index contributed by atoms with van der Waals surface area (Å²) < 4.78 is 5.49. The first-order valence-corrected chi connectivity index (χ1v) is 10.4. The van der Waals surface area contributed by atoms with Gasteiger partial charge in [0.05, 0.1) is 12.5 Å². The number of carbonyl (C=O) groups is 1. The van der Waals surface area contributed by atoms with E-state index in [1.807, 2.05) is 37.3 Å². The van der Waals surface area contributed by atoms with Crippen molar-refractivity contribution >= 4 is 5.97 Å². The molecule has 0 N–H and O–H groups in total. The minimum absolute atomic E-state index is 0.0705. The Morgan fingerprint density at radius 1 is 0.880 bits per heavy atom. The Morgan fingerprint density at radius 2 is 1.44 bits per heavy atom. The van der Waals surface area contributed by atoms with Crippen molar-refractivity contribution in [2.45, 2.75) is 90.9 Å². The van der Waals surface area contributed by atoms with E-state index in [9.17, 15) is 4.79 Å². The molecule has 0 aliphatic carbocycles. The maximum Gasteiger partial charge on any atom is 0.313 e. The van der Waals surface area contributed by atoms with E-state index < -0.39 is 0 Å². The molecule has 0 heterocycles. The highest BCUT2D eigenvalue weighted by Gasteiger charge is 2.19. The van der Waals surface area contributed by atoms with Gasteiger partial charge in [0, 0.05) is 0 Å². The van der Waals surface area contributed by atoms with Crippen LogP contribution in [0.1, 0.15) is 96.5 Å². The Balaban J connectivity index is 2.01. The van der Waals surface area contributed by atoms with Crippen LogP contribution in [-0.4, -0.2) is 12.6 Å². The number of hydrogen-bond acceptors (Lipinski definition) is 2. The lowest BCUT2D eigenvalue weighted by atomic mass is 9.97. The third-order valence-electron chi connectivity index (χ3n) is 4.81. The molecule has 1 atom stereocenters. The molecule has 2 heteroatoms. The molecule has 0 bridgehead atoms. The molecule has 1 aromatic carbocycles. The molecule has 0 amide bonds. The van der Waals surface area contributed by atoms with E-state index in [1.54, 1.807) is 0 Å². The molecule has 0 saturated carbocycles. The highest BCUT2D eigenvalue weighted by molar-refractivity contribution is 5.78. The van der Waals surface area contributed by atoms with Crippen LogP contribution in [0.5, 0.6) is 0 Å². The molecule has 0 fully saturated rings. The van der Waals surface area contributed by atoms with Gasteiger partial charge in [-0.15, -0.1) is 0 Å². The van der Waals surface area contributed by atoms with E-state index in [0.29, 0.717) is 6.61 Å². The molecular weight excluding hydrogens is 308 g/mol. The summed E-state index contributed by atoms with van der Waals surface area (Å²) >= 11 is 0. The predicted octanol–water partition coefficient (Wildman–Crippen LogP) is 6.89. The highest BCUT2D eigenvalue weighted by atomic mass is 16.5. The molecule has 2 nitrogen and oxygen atoms in total. The van der Waals surface area contributed by atoms with Gasteiger partial charge in [-0.1, -0.05) is 102 Å². The molecule has 0 spiro atoms. The Hall–Kier alpha value is -1.31. The average Bonchev–Trinajstić information content (AvgIpc) is 2.61. The zero-order valence-electron chi connectivity index (χ0n) is 16.6. The van der Waals surface area contributed by atoms with E-state index in [2.05, 4.69) is 13.8 Å². The maximum atomic E-state index is 12.2. The number of carbonyl (C=O) groups excluding carboxylic acids is 1. The van der Waals surface area contributed by atoms with Crippen molar-refractivity contribution in [2.24, 2.45) is 5.92 Å². The van der Waals surface area contributed by atoms with Crippen LogP contribution in [0, 0.1) is 5.92 Å². The molecule has 142 valence electrons. The minimum atomic E-state index is -0.118. The van der Waals surface area contributed by atoms with Crippen LogP contribution in [0.15, 0.2) is 30.3 Å². The number of benzene rings is 1. The molecule has 0 aliphatic rings. The summed E-state index contributed by atoms with van der Waals surface area (Å²) in [5.41, 5.74) is 1.06. The predicted molar refractivity (Wildman–Crippen MR) is 107 cm³/mol. The second kappa shape index (κ2) is 13.9. The van der Waals surface area contributed by atoms with Gasteiger partial charge < -0.3 is 4.74 Å². The van der Waals surface area contributed by atoms with E-state index in [4.69, 9.17) is 4.74 Å². The fraction of sp³-hybridized carbons (Fsp3) is 0.696. The van der Waals surface area contributed by atoms with Gasteiger partial charge in [0.15, 0.2) is 0 Å². The Kier molecular flexibility index (Phi) is 12.1. The van der Waals surface area contributed by atoms with Crippen molar-refractivity contribution in [3.8, 4) is 0 Å². The number of esters is 1. The molecule has 1 rings (SSSR count). The topological polar surface area (TPSA) is 26.3 Å². The summed E-state index contributed by atoms with van der Waals surface area (Å²) in [6, 6.07) is 9.96. The van der Waals surface area contributed by atoms with Crippen molar-refractivity contribution < 1.29 is 9.53 Å². The Bertz CT molecular complexity index is 439. The minimum Gasteiger partial charge on any atom is -0.465 e.